The van der Waals surface area contributed by atoms with Gasteiger partial charge >= 0.3 is 0 Å². The van der Waals surface area contributed by atoms with Crippen LogP contribution in [0.15, 0.2) is 16.5 Å². The van der Waals surface area contributed by atoms with E-state index in [-0.39, 0.29) is 17.7 Å². The van der Waals surface area contributed by atoms with Crippen molar-refractivity contribution >= 4 is 23.2 Å². The molecule has 1 N–H and O–H groups in total. The van der Waals surface area contributed by atoms with Crippen LogP contribution in [0, 0.1) is 12.8 Å². The van der Waals surface area contributed by atoms with Crippen LogP contribution in [-0.4, -0.2) is 46.5 Å². The quantitative estimate of drug-likeness (QED) is 0.814. The molecule has 3 rings (SSSR count). The Labute approximate surface area is 150 Å². The van der Waals surface area contributed by atoms with Crippen LogP contribution in [0.1, 0.15) is 30.5 Å². The highest BCUT2D eigenvalue weighted by Crippen LogP contribution is 2.26. The van der Waals surface area contributed by atoms with Crippen LogP contribution in [0.2, 0.25) is 0 Å². The Morgan fingerprint density at radius 2 is 2.28 bits per heavy atom. The van der Waals surface area contributed by atoms with Crippen LogP contribution in [0.5, 0.6) is 0 Å². The lowest BCUT2D eigenvalue weighted by atomic mass is 10.1. The summed E-state index contributed by atoms with van der Waals surface area (Å²) in [6, 6.07) is 3.96. The zero-order valence-electron chi connectivity index (χ0n) is 14.4. The minimum absolute atomic E-state index is 0.0610. The molecule has 0 aromatic carbocycles. The lowest BCUT2D eigenvalue weighted by Crippen LogP contribution is -2.31. The molecular formula is C17H22N4O3S. The van der Waals surface area contributed by atoms with Gasteiger partial charge in [-0.1, -0.05) is 0 Å². The second kappa shape index (κ2) is 7.77. The number of aryl methyl sites for hydroxylation is 2. The van der Waals surface area contributed by atoms with Crippen LogP contribution in [0.25, 0.3) is 10.8 Å². The number of carbonyl (C=O) groups excluding carboxylic acids is 2. The van der Waals surface area contributed by atoms with E-state index < -0.39 is 0 Å². The zero-order valence-corrected chi connectivity index (χ0v) is 15.3. The van der Waals surface area contributed by atoms with E-state index in [0.717, 1.165) is 18.0 Å². The molecule has 1 aliphatic rings. The Kier molecular flexibility index (Phi) is 5.47. The van der Waals surface area contributed by atoms with Gasteiger partial charge in [0.1, 0.15) is 0 Å². The average molecular weight is 362 g/mol. The molecule has 0 saturated carbocycles. The van der Waals surface area contributed by atoms with Crippen molar-refractivity contribution in [1.82, 2.24) is 20.4 Å². The first kappa shape index (κ1) is 17.6. The number of amides is 2. The third kappa shape index (κ3) is 4.45. The van der Waals surface area contributed by atoms with E-state index in [1.54, 1.807) is 11.3 Å². The number of carbonyl (C=O) groups is 2. The zero-order chi connectivity index (χ0) is 17.8. The smallest absolute Gasteiger partial charge is 0.257 e. The summed E-state index contributed by atoms with van der Waals surface area (Å²) in [7, 11) is 0. The molecule has 0 bridgehead atoms. The molecule has 2 aromatic rings. The first-order valence-electron chi connectivity index (χ1n) is 8.48. The normalized spacial score (nSPS) is 17.3. The van der Waals surface area contributed by atoms with Gasteiger partial charge in [0, 0.05) is 49.7 Å². The first-order chi connectivity index (χ1) is 12.0. The Balaban J connectivity index is 1.42. The average Bonchev–Trinajstić information content (AvgIpc) is 3.30. The van der Waals surface area contributed by atoms with Crippen molar-refractivity contribution < 1.29 is 14.0 Å². The monoisotopic (exact) mass is 362 g/mol. The van der Waals surface area contributed by atoms with Gasteiger partial charge in [0.05, 0.1) is 4.88 Å². The number of nitrogens with one attached hydrogen (secondary N) is 1. The lowest BCUT2D eigenvalue weighted by molar-refractivity contribution is -0.127. The van der Waals surface area contributed by atoms with Gasteiger partial charge < -0.3 is 14.6 Å². The molecule has 0 aliphatic carbocycles. The van der Waals surface area contributed by atoms with Gasteiger partial charge in [0.2, 0.25) is 17.7 Å². The Bertz CT molecular complexity index is 755. The van der Waals surface area contributed by atoms with Crippen molar-refractivity contribution in [3.63, 3.8) is 0 Å². The van der Waals surface area contributed by atoms with Crippen molar-refractivity contribution in [3.05, 3.63) is 22.9 Å². The lowest BCUT2D eigenvalue weighted by Gasteiger charge is -2.13. The number of hydrogen-bond donors (Lipinski definition) is 1. The highest BCUT2D eigenvalue weighted by Gasteiger charge is 2.28. The summed E-state index contributed by atoms with van der Waals surface area (Å²) in [6.45, 7) is 5.97. The van der Waals surface area contributed by atoms with Gasteiger partial charge in [-0.2, -0.15) is 0 Å². The molecule has 134 valence electrons. The van der Waals surface area contributed by atoms with E-state index in [0.29, 0.717) is 37.6 Å². The number of aromatic nitrogens is 2. The molecule has 0 spiro atoms. The van der Waals surface area contributed by atoms with Gasteiger partial charge in [0.15, 0.2) is 0 Å². The number of likely N-dealkylation sites (tertiary alicyclic amines) is 1. The van der Waals surface area contributed by atoms with E-state index >= 15 is 0 Å². The minimum atomic E-state index is -0.0610. The molecule has 25 heavy (non-hydrogen) atoms. The summed E-state index contributed by atoms with van der Waals surface area (Å²) >= 11 is 1.60. The number of hydrogen-bond acceptors (Lipinski definition) is 6. The van der Waals surface area contributed by atoms with Gasteiger partial charge in [0.25, 0.3) is 5.89 Å². The summed E-state index contributed by atoms with van der Waals surface area (Å²) in [5, 5.41) is 10.9. The molecule has 1 unspecified atom stereocenters. The molecule has 1 fully saturated rings. The predicted molar refractivity (Wildman–Crippen MR) is 94.0 cm³/mol. The second-order valence-electron chi connectivity index (χ2n) is 6.22. The third-order valence-corrected chi connectivity index (χ3v) is 5.24. The van der Waals surface area contributed by atoms with Crippen molar-refractivity contribution in [2.75, 3.05) is 19.6 Å². The summed E-state index contributed by atoms with van der Waals surface area (Å²) in [4.78, 5) is 27.6. The number of nitrogens with zero attached hydrogens (tertiary/aromatic N) is 3. The molecule has 1 atom stereocenters. The van der Waals surface area contributed by atoms with Crippen molar-refractivity contribution in [1.29, 1.82) is 0 Å². The highest BCUT2D eigenvalue weighted by atomic mass is 32.1. The summed E-state index contributed by atoms with van der Waals surface area (Å²) in [6.07, 6.45) is 1.22. The van der Waals surface area contributed by atoms with E-state index in [2.05, 4.69) is 15.5 Å². The Morgan fingerprint density at radius 1 is 1.44 bits per heavy atom. The SMILES string of the molecule is CCN1CC(CNC(=O)CCc2nnc(-c3ccc(C)s3)o2)CC1=O. The Morgan fingerprint density at radius 3 is 2.96 bits per heavy atom. The molecule has 2 amide bonds. The minimum Gasteiger partial charge on any atom is -0.420 e. The van der Waals surface area contributed by atoms with Crippen LogP contribution in [0.3, 0.4) is 0 Å². The number of thiophene rings is 1. The molecular weight excluding hydrogens is 340 g/mol. The predicted octanol–water partition coefficient (Wildman–Crippen LogP) is 2.02. The standard InChI is InChI=1S/C17H22N4O3S/c1-3-21-10-12(8-16(21)23)9-18-14(22)6-7-15-19-20-17(24-15)13-5-4-11(2)25-13/h4-5,12H,3,6-10H2,1-2H3,(H,18,22). The van der Waals surface area contributed by atoms with Crippen molar-refractivity contribution in [2.45, 2.75) is 33.1 Å². The van der Waals surface area contributed by atoms with Crippen LogP contribution in [-0.2, 0) is 16.0 Å². The molecule has 2 aromatic heterocycles. The van der Waals surface area contributed by atoms with Crippen LogP contribution in [0.4, 0.5) is 0 Å². The molecule has 7 nitrogen and oxygen atoms in total. The fourth-order valence-electron chi connectivity index (χ4n) is 2.87. The Hall–Kier alpha value is -2.22. The van der Waals surface area contributed by atoms with Gasteiger partial charge in [-0.25, -0.2) is 0 Å². The molecule has 1 saturated heterocycles. The van der Waals surface area contributed by atoms with Crippen molar-refractivity contribution in [3.8, 4) is 10.8 Å². The fourth-order valence-corrected chi connectivity index (χ4v) is 3.66. The topological polar surface area (TPSA) is 88.3 Å². The van der Waals surface area contributed by atoms with E-state index in [1.165, 1.54) is 4.88 Å². The molecule has 8 heteroatoms. The van der Waals surface area contributed by atoms with Gasteiger partial charge in [-0.05, 0) is 26.0 Å². The van der Waals surface area contributed by atoms with Crippen LogP contribution < -0.4 is 5.32 Å². The molecule has 1 aliphatic heterocycles. The maximum Gasteiger partial charge on any atom is 0.257 e. The largest absolute Gasteiger partial charge is 0.420 e. The van der Waals surface area contributed by atoms with E-state index in [1.807, 2.05) is 30.9 Å². The maximum absolute atomic E-state index is 12.0. The van der Waals surface area contributed by atoms with Crippen LogP contribution >= 0.6 is 11.3 Å². The van der Waals surface area contributed by atoms with E-state index in [9.17, 15) is 9.59 Å². The summed E-state index contributed by atoms with van der Waals surface area (Å²) < 4.78 is 5.61. The summed E-state index contributed by atoms with van der Waals surface area (Å²) in [5.41, 5.74) is 0. The third-order valence-electron chi connectivity index (χ3n) is 4.25. The van der Waals surface area contributed by atoms with Gasteiger partial charge in [-0.15, -0.1) is 21.5 Å². The molecule has 3 heterocycles. The first-order valence-corrected chi connectivity index (χ1v) is 9.30. The fraction of sp³-hybridized carbons (Fsp3) is 0.529. The highest BCUT2D eigenvalue weighted by molar-refractivity contribution is 7.15. The van der Waals surface area contributed by atoms with E-state index in [4.69, 9.17) is 4.42 Å². The van der Waals surface area contributed by atoms with Gasteiger partial charge in [-0.3, -0.25) is 9.59 Å². The van der Waals surface area contributed by atoms with Crippen molar-refractivity contribution in [2.24, 2.45) is 5.92 Å². The summed E-state index contributed by atoms with van der Waals surface area (Å²) in [5.74, 6) is 1.27. The number of rotatable bonds is 7. The second-order valence-corrected chi connectivity index (χ2v) is 7.51. The molecule has 0 radical (unpaired) electrons. The maximum atomic E-state index is 12.0.